The Hall–Kier alpha value is -1.47. The van der Waals surface area contributed by atoms with Crippen molar-refractivity contribution in [2.45, 2.75) is 53.4 Å². The number of thiophene rings is 1. The molecule has 1 aromatic rings. The molecule has 0 aromatic carbocycles. The summed E-state index contributed by atoms with van der Waals surface area (Å²) in [6.07, 6.45) is 4.04. The zero-order valence-corrected chi connectivity index (χ0v) is 16.2. The Balaban J connectivity index is 2.23. The first kappa shape index (κ1) is 18.9. The van der Waals surface area contributed by atoms with E-state index in [0.717, 1.165) is 31.2 Å². The number of ether oxygens (including phenoxy) is 1. The minimum absolute atomic E-state index is 0.168. The average Bonchev–Trinajstić information content (AvgIpc) is 2.83. The maximum absolute atomic E-state index is 12.4. The van der Waals surface area contributed by atoms with Crippen molar-refractivity contribution < 1.29 is 14.3 Å². The normalized spacial score (nSPS) is 13.8. The van der Waals surface area contributed by atoms with Gasteiger partial charge in [-0.1, -0.05) is 20.8 Å². The summed E-state index contributed by atoms with van der Waals surface area (Å²) in [7, 11) is 0. The summed E-state index contributed by atoms with van der Waals surface area (Å²) in [5.74, 6) is -0.497. The molecule has 0 saturated carbocycles. The molecule has 0 aliphatic heterocycles. The Morgan fingerprint density at radius 3 is 2.54 bits per heavy atom. The highest BCUT2D eigenvalue weighted by Crippen LogP contribution is 2.38. The number of nitrogens with one attached hydrogen (secondary N) is 2. The monoisotopic (exact) mass is 368 g/mol. The number of thiocarbonyl (C=S) groups is 1. The molecule has 0 bridgehead atoms. The van der Waals surface area contributed by atoms with Crippen LogP contribution >= 0.6 is 23.6 Å². The third kappa shape index (κ3) is 4.33. The highest BCUT2D eigenvalue weighted by molar-refractivity contribution is 7.80. The summed E-state index contributed by atoms with van der Waals surface area (Å²) in [5.41, 5.74) is 1.10. The minimum atomic E-state index is -0.537. The van der Waals surface area contributed by atoms with Crippen LogP contribution in [0.3, 0.4) is 0 Å². The Bertz CT molecular complexity index is 660. The van der Waals surface area contributed by atoms with Crippen molar-refractivity contribution in [1.82, 2.24) is 5.32 Å². The van der Waals surface area contributed by atoms with E-state index in [2.05, 4.69) is 10.6 Å². The number of hydrogen-bond donors (Lipinski definition) is 2. The minimum Gasteiger partial charge on any atom is -0.462 e. The average molecular weight is 369 g/mol. The molecule has 24 heavy (non-hydrogen) atoms. The van der Waals surface area contributed by atoms with Crippen LogP contribution in [-0.2, 0) is 22.4 Å². The number of carbonyl (C=O) groups excluding carboxylic acids is 2. The van der Waals surface area contributed by atoms with Gasteiger partial charge in [-0.3, -0.25) is 4.79 Å². The van der Waals surface area contributed by atoms with Gasteiger partial charge < -0.3 is 15.4 Å². The van der Waals surface area contributed by atoms with Crippen molar-refractivity contribution in [2.24, 2.45) is 5.41 Å². The molecular formula is C17H24N2O3S2. The van der Waals surface area contributed by atoms with Gasteiger partial charge in [0.05, 0.1) is 12.2 Å². The molecule has 0 spiro atoms. The van der Waals surface area contributed by atoms with Crippen molar-refractivity contribution in [1.29, 1.82) is 0 Å². The highest BCUT2D eigenvalue weighted by atomic mass is 32.1. The van der Waals surface area contributed by atoms with E-state index in [1.165, 1.54) is 16.2 Å². The lowest BCUT2D eigenvalue weighted by atomic mass is 9.95. The Morgan fingerprint density at radius 1 is 1.25 bits per heavy atom. The first-order valence-electron chi connectivity index (χ1n) is 8.18. The summed E-state index contributed by atoms with van der Waals surface area (Å²) in [5, 5.41) is 6.58. The molecule has 0 unspecified atom stereocenters. The Labute approximate surface area is 152 Å². The summed E-state index contributed by atoms with van der Waals surface area (Å²) in [4.78, 5) is 25.6. The molecule has 1 aliphatic carbocycles. The molecule has 2 rings (SSSR count). The standard InChI is InChI=1S/C17H24N2O3S2/c1-5-22-14(20)12-10-8-6-7-9-11(10)24-13(12)18-16(23)19-15(21)17(2,3)4/h5-9H2,1-4H3,(H2,18,19,21,23). The topological polar surface area (TPSA) is 67.4 Å². The van der Waals surface area contributed by atoms with E-state index in [-0.39, 0.29) is 17.0 Å². The van der Waals surface area contributed by atoms with Gasteiger partial charge in [0.1, 0.15) is 5.00 Å². The molecule has 1 amide bonds. The number of carbonyl (C=O) groups is 2. The van der Waals surface area contributed by atoms with Crippen LogP contribution in [0.4, 0.5) is 5.00 Å². The number of rotatable bonds is 3. The molecule has 1 aliphatic rings. The van der Waals surface area contributed by atoms with Crippen molar-refractivity contribution in [3.8, 4) is 0 Å². The molecular weight excluding hydrogens is 344 g/mol. The summed E-state index contributed by atoms with van der Waals surface area (Å²) in [6.45, 7) is 7.57. The van der Waals surface area contributed by atoms with E-state index in [4.69, 9.17) is 17.0 Å². The number of amides is 1. The third-order valence-electron chi connectivity index (χ3n) is 3.79. The van der Waals surface area contributed by atoms with Crippen LogP contribution in [0.15, 0.2) is 0 Å². The van der Waals surface area contributed by atoms with Crippen LogP contribution in [0, 0.1) is 5.41 Å². The fraction of sp³-hybridized carbons (Fsp3) is 0.588. The lowest BCUT2D eigenvalue weighted by molar-refractivity contribution is -0.126. The van der Waals surface area contributed by atoms with Gasteiger partial charge in [0, 0.05) is 10.3 Å². The van der Waals surface area contributed by atoms with Crippen LogP contribution in [0.2, 0.25) is 0 Å². The van der Waals surface area contributed by atoms with Gasteiger partial charge >= 0.3 is 5.97 Å². The molecule has 7 heteroatoms. The van der Waals surface area contributed by atoms with Crippen LogP contribution < -0.4 is 10.6 Å². The van der Waals surface area contributed by atoms with Crippen molar-refractivity contribution in [3.05, 3.63) is 16.0 Å². The molecule has 0 fully saturated rings. The second-order valence-corrected chi connectivity index (χ2v) is 8.31. The van der Waals surface area contributed by atoms with Gasteiger partial charge in [-0.2, -0.15) is 0 Å². The predicted octanol–water partition coefficient (Wildman–Crippen LogP) is 3.66. The maximum Gasteiger partial charge on any atom is 0.341 e. The molecule has 1 aromatic heterocycles. The molecule has 1 heterocycles. The van der Waals surface area contributed by atoms with Crippen molar-refractivity contribution in [3.63, 3.8) is 0 Å². The Morgan fingerprint density at radius 2 is 1.92 bits per heavy atom. The molecule has 132 valence electrons. The largest absolute Gasteiger partial charge is 0.462 e. The SMILES string of the molecule is CCOC(=O)c1c(NC(=S)NC(=O)C(C)(C)C)sc2c1CCCC2. The maximum atomic E-state index is 12.4. The van der Waals surface area contributed by atoms with E-state index >= 15 is 0 Å². The first-order valence-corrected chi connectivity index (χ1v) is 9.40. The Kier molecular flexibility index (Phi) is 5.98. The van der Waals surface area contributed by atoms with Crippen molar-refractivity contribution in [2.75, 3.05) is 11.9 Å². The number of anilines is 1. The zero-order valence-electron chi connectivity index (χ0n) is 14.6. The number of esters is 1. The van der Waals surface area contributed by atoms with Crippen LogP contribution in [0.25, 0.3) is 0 Å². The number of aryl methyl sites for hydroxylation is 1. The smallest absolute Gasteiger partial charge is 0.341 e. The quantitative estimate of drug-likeness (QED) is 0.629. The fourth-order valence-corrected chi connectivity index (χ4v) is 4.04. The van der Waals surface area contributed by atoms with E-state index in [1.54, 1.807) is 6.92 Å². The number of fused-ring (bicyclic) bond motifs is 1. The van der Waals surface area contributed by atoms with Gasteiger partial charge in [0.25, 0.3) is 0 Å². The van der Waals surface area contributed by atoms with E-state index < -0.39 is 5.41 Å². The molecule has 0 radical (unpaired) electrons. The third-order valence-corrected chi connectivity index (χ3v) is 5.20. The zero-order chi connectivity index (χ0) is 17.9. The van der Waals surface area contributed by atoms with Crippen LogP contribution in [0.1, 0.15) is 61.3 Å². The van der Waals surface area contributed by atoms with Gasteiger partial charge in [0.2, 0.25) is 5.91 Å². The lowest BCUT2D eigenvalue weighted by Crippen LogP contribution is -2.41. The predicted molar refractivity (Wildman–Crippen MR) is 101 cm³/mol. The fourth-order valence-electron chi connectivity index (χ4n) is 2.50. The van der Waals surface area contributed by atoms with Crippen molar-refractivity contribution >= 4 is 45.5 Å². The summed E-state index contributed by atoms with van der Waals surface area (Å²) in [6, 6.07) is 0. The van der Waals surface area contributed by atoms with E-state index in [0.29, 0.717) is 17.2 Å². The van der Waals surface area contributed by atoms with Gasteiger partial charge in [-0.25, -0.2) is 4.79 Å². The highest BCUT2D eigenvalue weighted by Gasteiger charge is 2.28. The van der Waals surface area contributed by atoms with E-state index in [9.17, 15) is 9.59 Å². The first-order chi connectivity index (χ1) is 11.2. The van der Waals surface area contributed by atoms with Gasteiger partial charge in [0.15, 0.2) is 5.11 Å². The summed E-state index contributed by atoms with van der Waals surface area (Å²) >= 11 is 6.77. The van der Waals surface area contributed by atoms with Crippen LogP contribution in [0.5, 0.6) is 0 Å². The van der Waals surface area contributed by atoms with Gasteiger partial charge in [-0.05, 0) is 50.4 Å². The van der Waals surface area contributed by atoms with Crippen LogP contribution in [-0.4, -0.2) is 23.6 Å². The lowest BCUT2D eigenvalue weighted by Gasteiger charge is -2.18. The molecule has 0 saturated heterocycles. The second kappa shape index (κ2) is 7.61. The van der Waals surface area contributed by atoms with Gasteiger partial charge in [-0.15, -0.1) is 11.3 Å². The molecule has 0 atom stereocenters. The molecule has 5 nitrogen and oxygen atoms in total. The second-order valence-electron chi connectivity index (χ2n) is 6.79. The number of hydrogen-bond acceptors (Lipinski definition) is 5. The van der Waals surface area contributed by atoms with E-state index in [1.807, 2.05) is 20.8 Å². The summed E-state index contributed by atoms with van der Waals surface area (Å²) < 4.78 is 5.21. The molecule has 2 N–H and O–H groups in total.